The van der Waals surface area contributed by atoms with Crippen molar-refractivity contribution in [2.24, 2.45) is 0 Å². The molecule has 0 radical (unpaired) electrons. The molecule has 1 aromatic carbocycles. The maximum absolute atomic E-state index is 8.72. The molecule has 76 valence electrons. The summed E-state index contributed by atoms with van der Waals surface area (Å²) in [6, 6.07) is 8.37. The second-order valence-corrected chi connectivity index (χ2v) is 3.74. The highest BCUT2D eigenvalue weighted by Crippen LogP contribution is 2.39. The van der Waals surface area contributed by atoms with Crippen LogP contribution in [0.15, 0.2) is 30.1 Å². The van der Waals surface area contributed by atoms with Gasteiger partial charge in [-0.05, 0) is 24.6 Å². The van der Waals surface area contributed by atoms with Gasteiger partial charge in [0.1, 0.15) is 5.82 Å². The molecule has 1 aliphatic heterocycles. The summed E-state index contributed by atoms with van der Waals surface area (Å²) in [7, 11) is 3.95. The van der Waals surface area contributed by atoms with Gasteiger partial charge in [-0.25, -0.2) is 0 Å². The van der Waals surface area contributed by atoms with Crippen molar-refractivity contribution in [3.63, 3.8) is 0 Å². The van der Waals surface area contributed by atoms with Crippen molar-refractivity contribution in [3.05, 3.63) is 35.7 Å². The van der Waals surface area contributed by atoms with Gasteiger partial charge in [-0.3, -0.25) is 0 Å². The molecular weight excluding hydrogens is 186 g/mol. The van der Waals surface area contributed by atoms with E-state index in [4.69, 9.17) is 5.26 Å². The lowest BCUT2D eigenvalue weighted by atomic mass is 10.2. The molecule has 0 saturated heterocycles. The Morgan fingerprint density at radius 1 is 1.20 bits per heavy atom. The maximum atomic E-state index is 8.72. The second kappa shape index (κ2) is 3.32. The molecule has 0 fully saturated rings. The van der Waals surface area contributed by atoms with Gasteiger partial charge in [0.2, 0.25) is 0 Å². The smallest absolute Gasteiger partial charge is 0.123 e. The molecule has 2 rings (SSSR count). The second-order valence-electron chi connectivity index (χ2n) is 3.74. The Bertz CT molecular complexity index is 468. The third kappa shape index (κ3) is 1.35. The van der Waals surface area contributed by atoms with Crippen molar-refractivity contribution in [2.75, 3.05) is 23.9 Å². The lowest BCUT2D eigenvalue weighted by Crippen LogP contribution is -2.21. The van der Waals surface area contributed by atoms with Gasteiger partial charge in [-0.2, -0.15) is 5.26 Å². The molecule has 1 aromatic rings. The summed E-state index contributed by atoms with van der Waals surface area (Å²) < 4.78 is 0. The summed E-state index contributed by atoms with van der Waals surface area (Å²) >= 11 is 0. The molecule has 0 bridgehead atoms. The van der Waals surface area contributed by atoms with Crippen LogP contribution < -0.4 is 9.80 Å². The van der Waals surface area contributed by atoms with Crippen molar-refractivity contribution >= 4 is 11.4 Å². The molecule has 1 heterocycles. The number of aryl methyl sites for hydroxylation is 1. The lowest BCUT2D eigenvalue weighted by Gasteiger charge is -2.16. The van der Waals surface area contributed by atoms with Crippen LogP contribution in [0.3, 0.4) is 0 Å². The summed E-state index contributed by atoms with van der Waals surface area (Å²) in [6.07, 6.45) is 1.56. The van der Waals surface area contributed by atoms with Gasteiger partial charge in [0.15, 0.2) is 0 Å². The molecule has 0 unspecified atom stereocenters. The molecule has 15 heavy (non-hydrogen) atoms. The summed E-state index contributed by atoms with van der Waals surface area (Å²) in [5.74, 6) is 0.915. The number of benzene rings is 1. The number of allylic oxidation sites excluding steroid dienone is 1. The number of nitrogens with zero attached hydrogens (tertiary/aromatic N) is 3. The molecule has 0 saturated carbocycles. The Labute approximate surface area is 89.8 Å². The normalized spacial score (nSPS) is 16.8. The van der Waals surface area contributed by atoms with E-state index in [0.29, 0.717) is 0 Å². The van der Waals surface area contributed by atoms with Crippen molar-refractivity contribution < 1.29 is 0 Å². The fourth-order valence-corrected chi connectivity index (χ4v) is 1.91. The standard InChI is InChI=1S/C12H13N3/c1-9-4-5-10-11(8-9)15(3)12(6-7-13)14(10)2/h4-6,8H,1-3H3/b12-6-. The van der Waals surface area contributed by atoms with E-state index in [2.05, 4.69) is 31.2 Å². The van der Waals surface area contributed by atoms with Crippen molar-refractivity contribution in [3.8, 4) is 6.07 Å². The first kappa shape index (κ1) is 9.60. The number of fused-ring (bicyclic) bond motifs is 1. The van der Waals surface area contributed by atoms with Gasteiger partial charge in [0.25, 0.3) is 0 Å². The number of rotatable bonds is 0. The fourth-order valence-electron chi connectivity index (χ4n) is 1.91. The van der Waals surface area contributed by atoms with Crippen LogP contribution >= 0.6 is 0 Å². The van der Waals surface area contributed by atoms with Gasteiger partial charge < -0.3 is 9.80 Å². The highest BCUT2D eigenvalue weighted by Gasteiger charge is 2.25. The molecule has 0 spiro atoms. The molecule has 1 aliphatic rings. The summed E-state index contributed by atoms with van der Waals surface area (Å²) in [5, 5.41) is 8.72. The molecule has 0 amide bonds. The lowest BCUT2D eigenvalue weighted by molar-refractivity contribution is 1.05. The average molecular weight is 199 g/mol. The predicted molar refractivity (Wildman–Crippen MR) is 61.7 cm³/mol. The summed E-state index contributed by atoms with van der Waals surface area (Å²) in [5.41, 5.74) is 3.52. The maximum Gasteiger partial charge on any atom is 0.123 e. The number of hydrogen-bond acceptors (Lipinski definition) is 3. The molecular formula is C12H13N3. The molecule has 0 atom stereocenters. The highest BCUT2D eigenvalue weighted by atomic mass is 15.4. The van der Waals surface area contributed by atoms with E-state index < -0.39 is 0 Å². The van der Waals surface area contributed by atoms with Gasteiger partial charge in [-0.1, -0.05) is 6.07 Å². The van der Waals surface area contributed by atoms with Gasteiger partial charge in [-0.15, -0.1) is 0 Å². The Balaban J connectivity index is 2.56. The largest absolute Gasteiger partial charge is 0.328 e. The monoisotopic (exact) mass is 199 g/mol. The van der Waals surface area contributed by atoms with E-state index in [1.165, 1.54) is 5.56 Å². The molecule has 3 nitrogen and oxygen atoms in total. The first-order valence-electron chi connectivity index (χ1n) is 4.83. The average Bonchev–Trinajstić information content (AvgIpc) is 2.44. The van der Waals surface area contributed by atoms with Gasteiger partial charge in [0, 0.05) is 14.1 Å². The van der Waals surface area contributed by atoms with Crippen LogP contribution in [0.5, 0.6) is 0 Å². The van der Waals surface area contributed by atoms with E-state index in [0.717, 1.165) is 17.2 Å². The van der Waals surface area contributed by atoms with Crippen LogP contribution in [0, 0.1) is 18.3 Å². The Kier molecular flexibility index (Phi) is 2.12. The van der Waals surface area contributed by atoms with Crippen LogP contribution in [-0.4, -0.2) is 14.1 Å². The van der Waals surface area contributed by atoms with E-state index in [9.17, 15) is 0 Å². The van der Waals surface area contributed by atoms with E-state index in [1.54, 1.807) is 6.08 Å². The quantitative estimate of drug-likeness (QED) is 0.600. The van der Waals surface area contributed by atoms with Crippen molar-refractivity contribution in [1.29, 1.82) is 5.26 Å². The van der Waals surface area contributed by atoms with Crippen LogP contribution in [0.4, 0.5) is 11.4 Å². The van der Waals surface area contributed by atoms with E-state index in [-0.39, 0.29) is 0 Å². The molecule has 0 N–H and O–H groups in total. The molecule has 3 heteroatoms. The third-order valence-corrected chi connectivity index (χ3v) is 2.73. The summed E-state index contributed by atoms with van der Waals surface area (Å²) in [4.78, 5) is 4.06. The van der Waals surface area contributed by atoms with E-state index in [1.807, 2.05) is 23.9 Å². The van der Waals surface area contributed by atoms with Crippen LogP contribution in [-0.2, 0) is 0 Å². The fraction of sp³-hybridized carbons (Fsp3) is 0.250. The minimum atomic E-state index is 0.915. The number of nitriles is 1. The first-order valence-corrected chi connectivity index (χ1v) is 4.83. The Morgan fingerprint density at radius 3 is 2.53 bits per heavy atom. The third-order valence-electron chi connectivity index (χ3n) is 2.73. The Hall–Kier alpha value is -1.95. The molecule has 0 aliphatic carbocycles. The SMILES string of the molecule is Cc1ccc2c(c1)N(C)/C(=C\C#N)N2C. The van der Waals surface area contributed by atoms with E-state index >= 15 is 0 Å². The van der Waals surface area contributed by atoms with Gasteiger partial charge in [0.05, 0.1) is 23.5 Å². The van der Waals surface area contributed by atoms with Crippen molar-refractivity contribution in [2.45, 2.75) is 6.92 Å². The summed E-state index contributed by atoms with van der Waals surface area (Å²) in [6.45, 7) is 2.07. The van der Waals surface area contributed by atoms with Crippen LogP contribution in [0.2, 0.25) is 0 Å². The Morgan fingerprint density at radius 2 is 1.87 bits per heavy atom. The molecule has 0 aromatic heterocycles. The minimum Gasteiger partial charge on any atom is -0.328 e. The zero-order valence-corrected chi connectivity index (χ0v) is 9.15. The van der Waals surface area contributed by atoms with Gasteiger partial charge >= 0.3 is 0 Å². The predicted octanol–water partition coefficient (Wildman–Crippen LogP) is 2.25. The first-order chi connectivity index (χ1) is 7.15. The number of anilines is 2. The van der Waals surface area contributed by atoms with Crippen LogP contribution in [0.1, 0.15) is 5.56 Å². The zero-order valence-electron chi connectivity index (χ0n) is 9.15. The van der Waals surface area contributed by atoms with Crippen LogP contribution in [0.25, 0.3) is 0 Å². The zero-order chi connectivity index (χ0) is 11.0. The highest BCUT2D eigenvalue weighted by molar-refractivity contribution is 5.82. The van der Waals surface area contributed by atoms with Crippen molar-refractivity contribution in [1.82, 2.24) is 0 Å². The number of hydrogen-bond donors (Lipinski definition) is 0. The minimum absolute atomic E-state index is 0.915. The topological polar surface area (TPSA) is 30.3 Å².